The van der Waals surface area contributed by atoms with Crippen molar-refractivity contribution >= 4 is 17.5 Å². The summed E-state index contributed by atoms with van der Waals surface area (Å²) in [4.78, 5) is 26.5. The molecular weight excluding hydrogens is 387 g/mol. The number of hydrogen-bond donors (Lipinski definition) is 2. The van der Waals surface area contributed by atoms with E-state index in [0.717, 1.165) is 64.1 Å². The molecule has 3 rings (SSSR count). The summed E-state index contributed by atoms with van der Waals surface area (Å²) < 4.78 is 43.6. The highest BCUT2D eigenvalue weighted by molar-refractivity contribution is 6.39. The number of nitrogens with one attached hydrogen (secondary N) is 2. The van der Waals surface area contributed by atoms with Crippen molar-refractivity contribution in [1.82, 2.24) is 10.2 Å². The normalized spacial score (nSPS) is 19.7. The number of carbonyl (C=O) groups excluding carboxylic acids is 2. The summed E-state index contributed by atoms with van der Waals surface area (Å²) in [7, 11) is 0. The summed E-state index contributed by atoms with van der Waals surface area (Å²) in [6.07, 6.45) is -0.531. The molecule has 29 heavy (non-hydrogen) atoms. The maximum atomic E-state index is 12.7. The maximum Gasteiger partial charge on any atom is 0.416 e. The molecule has 2 saturated heterocycles. The van der Waals surface area contributed by atoms with Gasteiger partial charge < -0.3 is 20.3 Å². The zero-order chi connectivity index (χ0) is 20.9. The van der Waals surface area contributed by atoms with E-state index in [2.05, 4.69) is 15.5 Å². The van der Waals surface area contributed by atoms with Crippen molar-refractivity contribution in [2.75, 3.05) is 38.2 Å². The van der Waals surface area contributed by atoms with Gasteiger partial charge in [-0.15, -0.1) is 0 Å². The van der Waals surface area contributed by atoms with Gasteiger partial charge in [-0.3, -0.25) is 9.59 Å². The van der Waals surface area contributed by atoms with E-state index in [9.17, 15) is 22.8 Å². The second kappa shape index (κ2) is 9.58. The van der Waals surface area contributed by atoms with Crippen LogP contribution in [0.4, 0.5) is 18.9 Å². The fraction of sp³-hybridized carbons (Fsp3) is 0.600. The molecule has 2 fully saturated rings. The topological polar surface area (TPSA) is 70.7 Å². The molecule has 6 nitrogen and oxygen atoms in total. The van der Waals surface area contributed by atoms with E-state index in [1.807, 2.05) is 0 Å². The summed E-state index contributed by atoms with van der Waals surface area (Å²) in [6.45, 7) is 3.92. The zero-order valence-corrected chi connectivity index (χ0v) is 16.1. The van der Waals surface area contributed by atoms with Gasteiger partial charge >= 0.3 is 18.0 Å². The van der Waals surface area contributed by atoms with Gasteiger partial charge in [0.05, 0.1) is 5.56 Å². The monoisotopic (exact) mass is 413 g/mol. The van der Waals surface area contributed by atoms with Crippen LogP contribution in [0.15, 0.2) is 24.3 Å². The van der Waals surface area contributed by atoms with Crippen LogP contribution in [0.5, 0.6) is 0 Å². The Bertz CT molecular complexity index is 712. The highest BCUT2D eigenvalue weighted by atomic mass is 19.4. The third-order valence-electron chi connectivity index (χ3n) is 5.56. The summed E-state index contributed by atoms with van der Waals surface area (Å²) in [5, 5.41) is 4.82. The predicted octanol–water partition coefficient (Wildman–Crippen LogP) is 2.65. The molecule has 2 N–H and O–H groups in total. The Kier molecular flexibility index (Phi) is 7.13. The number of carbonyl (C=O) groups is 2. The molecule has 0 spiro atoms. The van der Waals surface area contributed by atoms with E-state index in [1.165, 1.54) is 12.1 Å². The van der Waals surface area contributed by atoms with E-state index in [0.29, 0.717) is 12.6 Å². The van der Waals surface area contributed by atoms with Gasteiger partial charge in [0.25, 0.3) is 0 Å². The Morgan fingerprint density at radius 2 is 1.76 bits per heavy atom. The Labute approximate surface area is 167 Å². The molecule has 0 aromatic heterocycles. The molecule has 2 aliphatic rings. The van der Waals surface area contributed by atoms with Gasteiger partial charge in [-0.05, 0) is 62.9 Å². The average molecular weight is 413 g/mol. The minimum Gasteiger partial charge on any atom is -0.381 e. The summed E-state index contributed by atoms with van der Waals surface area (Å²) in [5.74, 6) is -1.52. The van der Waals surface area contributed by atoms with Crippen molar-refractivity contribution in [1.29, 1.82) is 0 Å². The number of alkyl halides is 3. The highest BCUT2D eigenvalue weighted by Crippen LogP contribution is 2.30. The molecule has 0 saturated carbocycles. The van der Waals surface area contributed by atoms with Gasteiger partial charge in [0.15, 0.2) is 0 Å². The first-order valence-electron chi connectivity index (χ1n) is 9.91. The number of ether oxygens (including phenoxy) is 1. The molecule has 2 heterocycles. The first-order valence-corrected chi connectivity index (χ1v) is 9.91. The van der Waals surface area contributed by atoms with Gasteiger partial charge in [-0.2, -0.15) is 13.2 Å². The van der Waals surface area contributed by atoms with Crippen molar-refractivity contribution < 1.29 is 27.5 Å². The van der Waals surface area contributed by atoms with E-state index in [4.69, 9.17) is 4.74 Å². The lowest BCUT2D eigenvalue weighted by Gasteiger charge is -2.39. The quantitative estimate of drug-likeness (QED) is 0.745. The number of halogens is 3. The molecule has 2 aliphatic heterocycles. The fourth-order valence-electron chi connectivity index (χ4n) is 3.85. The highest BCUT2D eigenvalue weighted by Gasteiger charge is 2.31. The lowest BCUT2D eigenvalue weighted by molar-refractivity contribution is -0.137. The van der Waals surface area contributed by atoms with Crippen LogP contribution in [0.25, 0.3) is 0 Å². The number of likely N-dealkylation sites (tertiary alicyclic amines) is 1. The number of hydrogen-bond acceptors (Lipinski definition) is 4. The predicted molar refractivity (Wildman–Crippen MR) is 101 cm³/mol. The first-order chi connectivity index (χ1) is 13.8. The smallest absolute Gasteiger partial charge is 0.381 e. The van der Waals surface area contributed by atoms with Crippen LogP contribution in [0.3, 0.4) is 0 Å². The van der Waals surface area contributed by atoms with Crippen molar-refractivity contribution in [2.24, 2.45) is 5.92 Å². The van der Waals surface area contributed by atoms with Crippen molar-refractivity contribution in [3.05, 3.63) is 29.8 Å². The number of anilines is 1. The maximum absolute atomic E-state index is 12.7. The largest absolute Gasteiger partial charge is 0.416 e. The molecule has 2 amide bonds. The van der Waals surface area contributed by atoms with Gasteiger partial charge in [-0.25, -0.2) is 0 Å². The standard InChI is InChI=1S/C20H26F3N3O3/c21-20(22,23)15-2-1-3-16(12-15)25-19(28)18(27)24-13-14-4-8-26(9-5-14)17-6-10-29-11-7-17/h1-3,12,14,17H,4-11,13H2,(H,24,27)(H,25,28). The van der Waals surface area contributed by atoms with Crippen molar-refractivity contribution in [3.63, 3.8) is 0 Å². The molecule has 1 aromatic carbocycles. The van der Waals surface area contributed by atoms with Gasteiger partial charge in [0.2, 0.25) is 0 Å². The molecule has 0 radical (unpaired) electrons. The Balaban J connectivity index is 1.41. The van der Waals surface area contributed by atoms with Crippen LogP contribution in [0.2, 0.25) is 0 Å². The van der Waals surface area contributed by atoms with Crippen molar-refractivity contribution in [2.45, 2.75) is 37.9 Å². The van der Waals surface area contributed by atoms with Crippen LogP contribution in [0, 0.1) is 5.92 Å². The van der Waals surface area contributed by atoms with E-state index >= 15 is 0 Å². The second-order valence-corrected chi connectivity index (χ2v) is 7.57. The van der Waals surface area contributed by atoms with Crippen molar-refractivity contribution in [3.8, 4) is 0 Å². The lowest BCUT2D eigenvalue weighted by atomic mass is 9.94. The lowest BCUT2D eigenvalue weighted by Crippen LogP contribution is -2.46. The van der Waals surface area contributed by atoms with Crippen LogP contribution in [0.1, 0.15) is 31.2 Å². The zero-order valence-electron chi connectivity index (χ0n) is 16.1. The Morgan fingerprint density at radius 1 is 1.07 bits per heavy atom. The first kappa shape index (κ1) is 21.6. The molecular formula is C20H26F3N3O3. The molecule has 0 bridgehead atoms. The van der Waals surface area contributed by atoms with Crippen LogP contribution < -0.4 is 10.6 Å². The molecule has 9 heteroatoms. The van der Waals surface area contributed by atoms with E-state index in [1.54, 1.807) is 0 Å². The van der Waals surface area contributed by atoms with Gasteiger partial charge in [-0.1, -0.05) is 6.07 Å². The van der Waals surface area contributed by atoms with Gasteiger partial charge in [0.1, 0.15) is 0 Å². The number of amides is 2. The summed E-state index contributed by atoms with van der Waals surface area (Å²) >= 11 is 0. The molecule has 160 valence electrons. The van der Waals surface area contributed by atoms with Crippen LogP contribution in [-0.4, -0.2) is 55.6 Å². The Morgan fingerprint density at radius 3 is 2.41 bits per heavy atom. The fourth-order valence-corrected chi connectivity index (χ4v) is 3.85. The summed E-state index contributed by atoms with van der Waals surface area (Å²) in [5.41, 5.74) is -0.947. The molecule has 0 aliphatic carbocycles. The van der Waals surface area contributed by atoms with E-state index in [-0.39, 0.29) is 11.6 Å². The minimum absolute atomic E-state index is 0.0651. The number of benzene rings is 1. The summed E-state index contributed by atoms with van der Waals surface area (Å²) in [6, 6.07) is 4.77. The molecule has 0 atom stereocenters. The second-order valence-electron chi connectivity index (χ2n) is 7.57. The number of piperidine rings is 1. The van der Waals surface area contributed by atoms with E-state index < -0.39 is 23.6 Å². The third-order valence-corrected chi connectivity index (χ3v) is 5.56. The Hall–Kier alpha value is -2.13. The number of rotatable bonds is 4. The van der Waals surface area contributed by atoms with Crippen LogP contribution in [-0.2, 0) is 20.5 Å². The third kappa shape index (κ3) is 6.17. The number of nitrogens with zero attached hydrogens (tertiary/aromatic N) is 1. The molecule has 1 aromatic rings. The minimum atomic E-state index is -4.51. The SMILES string of the molecule is O=C(NCC1CCN(C2CCOCC2)CC1)C(=O)Nc1cccc(C(F)(F)F)c1. The van der Waals surface area contributed by atoms with Crippen LogP contribution >= 0.6 is 0 Å². The van der Waals surface area contributed by atoms with Gasteiger partial charge in [0, 0.05) is 31.5 Å². The average Bonchev–Trinajstić information content (AvgIpc) is 2.72. The molecule has 0 unspecified atom stereocenters.